The highest BCUT2D eigenvalue weighted by atomic mass is 35.5. The average molecular weight is 564 g/mol. The second kappa shape index (κ2) is 11.2. The minimum Gasteiger partial charge on any atom is -0.349 e. The molecule has 0 atom stereocenters. The first-order valence-corrected chi connectivity index (χ1v) is 12.9. The van der Waals surface area contributed by atoms with Crippen LogP contribution in [0.5, 0.6) is 0 Å². The minimum absolute atomic E-state index is 0.0199. The molecule has 1 saturated carbocycles. The second-order valence-corrected chi connectivity index (χ2v) is 9.73. The van der Waals surface area contributed by atoms with Gasteiger partial charge in [-0.2, -0.15) is 5.10 Å². The van der Waals surface area contributed by atoms with Crippen molar-refractivity contribution in [1.29, 1.82) is 0 Å². The van der Waals surface area contributed by atoms with E-state index in [2.05, 4.69) is 31.0 Å². The topological polar surface area (TPSA) is 131 Å². The number of aromatic nitrogens is 4. The third kappa shape index (κ3) is 6.08. The molecular formula is C27H23Cl2N7O3. The van der Waals surface area contributed by atoms with Gasteiger partial charge >= 0.3 is 6.03 Å². The Morgan fingerprint density at radius 1 is 0.949 bits per heavy atom. The Morgan fingerprint density at radius 2 is 1.67 bits per heavy atom. The molecule has 3 aromatic heterocycles. The van der Waals surface area contributed by atoms with Crippen LogP contribution in [0.2, 0.25) is 10.0 Å². The van der Waals surface area contributed by atoms with Crippen LogP contribution in [0.25, 0.3) is 22.4 Å². The molecular weight excluding hydrogens is 541 g/mol. The van der Waals surface area contributed by atoms with Gasteiger partial charge in [0.25, 0.3) is 11.5 Å². The maximum atomic E-state index is 12.9. The molecule has 3 amide bonds. The molecule has 3 N–H and O–H groups in total. The Labute approximate surface area is 233 Å². The lowest BCUT2D eigenvalue weighted by molar-refractivity contribution is 0.0950. The lowest BCUT2D eigenvalue weighted by Crippen LogP contribution is -2.29. The predicted octanol–water partition coefficient (Wildman–Crippen LogP) is 5.23. The monoisotopic (exact) mass is 563 g/mol. The Morgan fingerprint density at radius 3 is 2.38 bits per heavy atom. The highest BCUT2D eigenvalue weighted by Crippen LogP contribution is 2.29. The first kappa shape index (κ1) is 26.3. The van der Waals surface area contributed by atoms with Crippen molar-refractivity contribution in [2.45, 2.75) is 32.4 Å². The van der Waals surface area contributed by atoms with Gasteiger partial charge in [-0.3, -0.25) is 19.6 Å². The largest absolute Gasteiger partial charge is 0.349 e. The SMILES string of the molecule is CCn1nc(-c2cccc(-c3cncc(C(=O)NC4CC4)c3)c2)cc(NC(=O)Nc2c(Cl)cncc2Cl)c1=O. The third-order valence-corrected chi connectivity index (χ3v) is 6.59. The van der Waals surface area contributed by atoms with Gasteiger partial charge in [-0.25, -0.2) is 9.48 Å². The van der Waals surface area contributed by atoms with Gasteiger partial charge in [0.2, 0.25) is 0 Å². The summed E-state index contributed by atoms with van der Waals surface area (Å²) in [5.41, 5.74) is 2.93. The maximum Gasteiger partial charge on any atom is 0.323 e. The van der Waals surface area contributed by atoms with E-state index < -0.39 is 11.6 Å². The Balaban J connectivity index is 1.43. The summed E-state index contributed by atoms with van der Waals surface area (Å²) in [6, 6.07) is 10.3. The van der Waals surface area contributed by atoms with E-state index in [-0.39, 0.29) is 39.9 Å². The molecule has 1 aliphatic rings. The Bertz CT molecular complexity index is 1620. The lowest BCUT2D eigenvalue weighted by atomic mass is 10.0. The van der Waals surface area contributed by atoms with Gasteiger partial charge in [0.05, 0.1) is 27.0 Å². The summed E-state index contributed by atoms with van der Waals surface area (Å²) in [5, 5.41) is 12.9. The first-order chi connectivity index (χ1) is 18.8. The number of aryl methyl sites for hydroxylation is 1. The molecule has 0 radical (unpaired) electrons. The van der Waals surface area contributed by atoms with E-state index in [0.717, 1.165) is 24.0 Å². The van der Waals surface area contributed by atoms with Crippen LogP contribution in [0.15, 0.2) is 66.0 Å². The zero-order valence-electron chi connectivity index (χ0n) is 20.7. The molecule has 3 heterocycles. The van der Waals surface area contributed by atoms with Crippen molar-refractivity contribution in [3.8, 4) is 22.4 Å². The number of halogens is 2. The van der Waals surface area contributed by atoms with Gasteiger partial charge in [0.15, 0.2) is 0 Å². The summed E-state index contributed by atoms with van der Waals surface area (Å²) in [7, 11) is 0. The molecule has 0 spiro atoms. The number of rotatable bonds is 7. The van der Waals surface area contributed by atoms with Gasteiger partial charge in [-0.05, 0) is 43.5 Å². The number of carbonyl (C=O) groups excluding carboxylic acids is 2. The summed E-state index contributed by atoms with van der Waals surface area (Å²) in [5.74, 6) is -0.150. The number of hydrogen-bond acceptors (Lipinski definition) is 6. The van der Waals surface area contributed by atoms with Gasteiger partial charge in [0.1, 0.15) is 5.69 Å². The number of anilines is 2. The van der Waals surface area contributed by atoms with Crippen molar-refractivity contribution in [1.82, 2.24) is 25.1 Å². The molecule has 1 aromatic carbocycles. The van der Waals surface area contributed by atoms with E-state index in [4.69, 9.17) is 23.2 Å². The zero-order chi connectivity index (χ0) is 27.5. The van der Waals surface area contributed by atoms with Crippen LogP contribution in [0, 0.1) is 0 Å². The van der Waals surface area contributed by atoms with E-state index in [9.17, 15) is 14.4 Å². The number of carbonyl (C=O) groups is 2. The van der Waals surface area contributed by atoms with Crippen LogP contribution in [0.1, 0.15) is 30.1 Å². The normalized spacial score (nSPS) is 12.6. The van der Waals surface area contributed by atoms with Crippen LogP contribution < -0.4 is 21.5 Å². The molecule has 5 rings (SSSR count). The van der Waals surface area contributed by atoms with Gasteiger partial charge in [-0.1, -0.05) is 41.4 Å². The fourth-order valence-electron chi connectivity index (χ4n) is 3.86. The number of nitrogens with one attached hydrogen (secondary N) is 3. The highest BCUT2D eigenvalue weighted by molar-refractivity contribution is 6.39. The number of nitrogens with zero attached hydrogens (tertiary/aromatic N) is 4. The van der Waals surface area contributed by atoms with Gasteiger partial charge in [-0.15, -0.1) is 0 Å². The highest BCUT2D eigenvalue weighted by Gasteiger charge is 2.24. The fourth-order valence-corrected chi connectivity index (χ4v) is 4.32. The summed E-state index contributed by atoms with van der Waals surface area (Å²) >= 11 is 12.2. The summed E-state index contributed by atoms with van der Waals surface area (Å²) < 4.78 is 1.26. The minimum atomic E-state index is -0.706. The molecule has 10 nitrogen and oxygen atoms in total. The Kier molecular flexibility index (Phi) is 7.58. The van der Waals surface area contributed by atoms with Gasteiger partial charge in [0, 0.05) is 48.5 Å². The van der Waals surface area contributed by atoms with E-state index in [1.54, 1.807) is 25.4 Å². The molecule has 0 aliphatic heterocycles. The summed E-state index contributed by atoms with van der Waals surface area (Å²) in [6.07, 6.45) is 7.90. The third-order valence-electron chi connectivity index (χ3n) is 6.02. The number of amides is 3. The molecule has 0 bridgehead atoms. The van der Waals surface area contributed by atoms with Crippen LogP contribution in [0.4, 0.5) is 16.2 Å². The molecule has 39 heavy (non-hydrogen) atoms. The molecule has 1 aliphatic carbocycles. The van der Waals surface area contributed by atoms with Crippen LogP contribution in [0.3, 0.4) is 0 Å². The number of pyridine rings is 2. The number of urea groups is 1. The second-order valence-electron chi connectivity index (χ2n) is 8.91. The molecule has 198 valence electrons. The lowest BCUT2D eigenvalue weighted by Gasteiger charge is -2.13. The molecule has 1 fully saturated rings. The van der Waals surface area contributed by atoms with Crippen LogP contribution in [-0.4, -0.2) is 37.7 Å². The van der Waals surface area contributed by atoms with Crippen molar-refractivity contribution in [3.05, 3.63) is 87.1 Å². The molecule has 0 unspecified atom stereocenters. The first-order valence-electron chi connectivity index (χ1n) is 12.2. The smallest absolute Gasteiger partial charge is 0.323 e. The number of benzene rings is 1. The fraction of sp³-hybridized carbons (Fsp3) is 0.185. The Hall–Kier alpha value is -4.28. The van der Waals surface area contributed by atoms with E-state index >= 15 is 0 Å². The zero-order valence-corrected chi connectivity index (χ0v) is 22.3. The van der Waals surface area contributed by atoms with Crippen LogP contribution >= 0.6 is 23.2 Å². The van der Waals surface area contributed by atoms with Gasteiger partial charge < -0.3 is 16.0 Å². The summed E-state index contributed by atoms with van der Waals surface area (Å²) in [6.45, 7) is 2.06. The molecule has 0 saturated heterocycles. The van der Waals surface area contributed by atoms with Crippen molar-refractivity contribution in [2.24, 2.45) is 0 Å². The molecule has 12 heteroatoms. The predicted molar refractivity (Wildman–Crippen MR) is 150 cm³/mol. The molecule has 4 aromatic rings. The van der Waals surface area contributed by atoms with Crippen molar-refractivity contribution in [3.63, 3.8) is 0 Å². The van der Waals surface area contributed by atoms with Crippen molar-refractivity contribution < 1.29 is 9.59 Å². The van der Waals surface area contributed by atoms with E-state index in [1.165, 1.54) is 23.1 Å². The quantitative estimate of drug-likeness (QED) is 0.282. The van der Waals surface area contributed by atoms with E-state index in [0.29, 0.717) is 16.8 Å². The van der Waals surface area contributed by atoms with E-state index in [1.807, 2.05) is 24.3 Å². The maximum absolute atomic E-state index is 12.9. The van der Waals surface area contributed by atoms with Crippen LogP contribution in [-0.2, 0) is 6.54 Å². The average Bonchev–Trinajstić information content (AvgIpc) is 3.76. The standard InChI is InChI=1S/C27H23Cl2N7O3/c1-2-36-26(38)23(33-27(39)34-24-20(28)13-31-14-21(24)29)10-22(35-36)16-5-3-4-15(8-16)17-9-18(12-30-11-17)25(37)32-19-6-7-19/h3-5,8-14,19H,2,6-7H2,1H3,(H,32,37)(H2,31,33,34,39). The summed E-state index contributed by atoms with van der Waals surface area (Å²) in [4.78, 5) is 46.2. The number of hydrogen-bond donors (Lipinski definition) is 3. The van der Waals surface area contributed by atoms with Crippen molar-refractivity contribution >= 4 is 46.5 Å². The van der Waals surface area contributed by atoms with Crippen molar-refractivity contribution in [2.75, 3.05) is 10.6 Å².